The first kappa shape index (κ1) is 19.3. The number of carbonyl (C=O) groups excluding carboxylic acids is 1. The molecule has 0 N–H and O–H groups in total. The highest BCUT2D eigenvalue weighted by atomic mass is 79.9. The van der Waals surface area contributed by atoms with Crippen LogP contribution in [0.5, 0.6) is 0 Å². The molecule has 3 rings (SSSR count). The van der Waals surface area contributed by atoms with Gasteiger partial charge < -0.3 is 4.90 Å². The number of carbonyl (C=O) groups is 1. The number of alkyl halides is 4. The van der Waals surface area contributed by atoms with Crippen LogP contribution in [0.25, 0.3) is 5.65 Å². The van der Waals surface area contributed by atoms with Gasteiger partial charge in [-0.1, -0.05) is 0 Å². The molecule has 0 aliphatic carbocycles. The van der Waals surface area contributed by atoms with E-state index in [2.05, 4.69) is 31.1 Å². The summed E-state index contributed by atoms with van der Waals surface area (Å²) in [5.41, 5.74) is -1.28. The van der Waals surface area contributed by atoms with Gasteiger partial charge in [0.15, 0.2) is 11.3 Å². The molecule has 0 aliphatic heterocycles. The predicted molar refractivity (Wildman–Crippen MR) is 89.6 cm³/mol. The van der Waals surface area contributed by atoms with E-state index in [9.17, 15) is 22.4 Å². The quantitative estimate of drug-likeness (QED) is 0.561. The van der Waals surface area contributed by atoms with Gasteiger partial charge in [-0.15, -0.1) is 0 Å². The van der Waals surface area contributed by atoms with Crippen LogP contribution in [-0.2, 0) is 13.6 Å². The monoisotopic (exact) mass is 448 g/mol. The Morgan fingerprint density at radius 3 is 2.52 bits per heavy atom. The number of nitrogens with zero attached hydrogens (tertiary/aromatic N) is 6. The Morgan fingerprint density at radius 1 is 1.26 bits per heavy atom. The molecule has 3 heterocycles. The molecular weight excluding hydrogens is 436 g/mol. The predicted octanol–water partition coefficient (Wildman–Crippen LogP) is 3.37. The van der Waals surface area contributed by atoms with Crippen molar-refractivity contribution in [3.05, 3.63) is 45.6 Å². The Bertz CT molecular complexity index is 982. The van der Waals surface area contributed by atoms with Crippen molar-refractivity contribution in [2.45, 2.75) is 19.4 Å². The summed E-state index contributed by atoms with van der Waals surface area (Å²) in [6.07, 6.45) is -4.51. The molecule has 3 aromatic rings. The van der Waals surface area contributed by atoms with Crippen LogP contribution in [0.3, 0.4) is 0 Å². The maximum absolute atomic E-state index is 13.2. The van der Waals surface area contributed by atoms with Crippen molar-refractivity contribution in [2.75, 3.05) is 7.05 Å². The third-order valence-electron chi connectivity index (χ3n) is 3.89. The topological polar surface area (TPSA) is 68.3 Å². The number of fused-ring (bicyclic) bond motifs is 1. The van der Waals surface area contributed by atoms with Crippen LogP contribution in [0, 0.1) is 0 Å². The van der Waals surface area contributed by atoms with Crippen molar-refractivity contribution in [3.8, 4) is 0 Å². The van der Waals surface area contributed by atoms with Crippen molar-refractivity contribution in [2.24, 2.45) is 7.05 Å². The lowest BCUT2D eigenvalue weighted by Gasteiger charge is -2.16. The van der Waals surface area contributed by atoms with Crippen LogP contribution in [-0.4, -0.2) is 42.2 Å². The fourth-order valence-electron chi connectivity index (χ4n) is 2.50. The molecule has 3 aromatic heterocycles. The zero-order valence-corrected chi connectivity index (χ0v) is 15.7. The summed E-state index contributed by atoms with van der Waals surface area (Å²) in [5.74, 6) is -0.576. The maximum atomic E-state index is 13.2. The van der Waals surface area contributed by atoms with Crippen molar-refractivity contribution in [3.63, 3.8) is 0 Å². The Labute approximate surface area is 158 Å². The van der Waals surface area contributed by atoms with E-state index >= 15 is 0 Å². The number of hydrogen-bond donors (Lipinski definition) is 0. The molecule has 0 aromatic carbocycles. The lowest BCUT2D eigenvalue weighted by Crippen LogP contribution is -2.27. The number of hydrogen-bond acceptors (Lipinski definition) is 4. The highest BCUT2D eigenvalue weighted by Gasteiger charge is 2.24. The minimum atomic E-state index is -3.06. The first-order valence-corrected chi connectivity index (χ1v) is 8.37. The molecule has 12 heteroatoms. The summed E-state index contributed by atoms with van der Waals surface area (Å²) >= 11 is 3.32. The molecule has 0 atom stereocenters. The van der Waals surface area contributed by atoms with Crippen LogP contribution in [0.15, 0.2) is 22.8 Å². The molecule has 0 bridgehead atoms. The molecule has 0 fully saturated rings. The molecule has 0 spiro atoms. The van der Waals surface area contributed by atoms with E-state index < -0.39 is 30.1 Å². The summed E-state index contributed by atoms with van der Waals surface area (Å²) in [6.45, 7) is 0.168. The van der Waals surface area contributed by atoms with E-state index in [0.29, 0.717) is 20.7 Å². The Morgan fingerprint density at radius 2 is 1.96 bits per heavy atom. The van der Waals surface area contributed by atoms with Crippen LogP contribution in [0.2, 0.25) is 0 Å². The zero-order valence-electron chi connectivity index (χ0n) is 14.1. The van der Waals surface area contributed by atoms with Gasteiger partial charge in [-0.3, -0.25) is 9.48 Å². The van der Waals surface area contributed by atoms with Crippen LogP contribution >= 0.6 is 15.9 Å². The van der Waals surface area contributed by atoms with E-state index in [0.717, 1.165) is 6.07 Å². The normalized spacial score (nSPS) is 11.7. The third-order valence-corrected chi connectivity index (χ3v) is 4.55. The van der Waals surface area contributed by atoms with Crippen molar-refractivity contribution < 1.29 is 22.4 Å². The fraction of sp³-hybridized carbons (Fsp3) is 0.333. The van der Waals surface area contributed by atoms with Crippen LogP contribution in [0.1, 0.15) is 40.4 Å². The molecule has 0 saturated carbocycles. The number of halogens is 5. The second-order valence-electron chi connectivity index (χ2n) is 5.73. The van der Waals surface area contributed by atoms with E-state index in [1.165, 1.54) is 11.9 Å². The molecule has 7 nitrogen and oxygen atoms in total. The number of aromatic nitrogens is 5. The Kier molecular flexibility index (Phi) is 5.18. The van der Waals surface area contributed by atoms with Gasteiger partial charge in [-0.25, -0.2) is 27.1 Å². The molecule has 0 saturated heterocycles. The van der Waals surface area contributed by atoms with Gasteiger partial charge in [-0.05, 0) is 22.0 Å². The van der Waals surface area contributed by atoms with Gasteiger partial charge in [0, 0.05) is 20.2 Å². The second-order valence-corrected chi connectivity index (χ2v) is 6.59. The maximum Gasteiger partial charge on any atom is 0.280 e. The molecular formula is C15H13BrF4N6O. The summed E-state index contributed by atoms with van der Waals surface area (Å²) in [6, 6.07) is 1.69. The summed E-state index contributed by atoms with van der Waals surface area (Å²) in [4.78, 5) is 17.5. The molecule has 0 unspecified atom stereocenters. The number of rotatable bonds is 5. The van der Waals surface area contributed by atoms with E-state index in [1.54, 1.807) is 17.9 Å². The van der Waals surface area contributed by atoms with Crippen molar-refractivity contribution in [1.29, 1.82) is 0 Å². The summed E-state index contributed by atoms with van der Waals surface area (Å²) < 4.78 is 55.2. The molecule has 144 valence electrons. The average Bonchev–Trinajstić information content (AvgIpc) is 3.18. The Hall–Kier alpha value is -2.50. The smallest absolute Gasteiger partial charge is 0.280 e. The molecule has 27 heavy (non-hydrogen) atoms. The molecule has 1 amide bonds. The minimum Gasteiger partial charge on any atom is -0.334 e. The lowest BCUT2D eigenvalue weighted by molar-refractivity contribution is 0.0774. The van der Waals surface area contributed by atoms with Gasteiger partial charge in [0.2, 0.25) is 0 Å². The number of aryl methyl sites for hydroxylation is 1. The zero-order chi connectivity index (χ0) is 19.9. The van der Waals surface area contributed by atoms with Gasteiger partial charge in [0.05, 0.1) is 22.9 Å². The highest BCUT2D eigenvalue weighted by Crippen LogP contribution is 2.26. The Balaban J connectivity index is 1.96. The van der Waals surface area contributed by atoms with Gasteiger partial charge in [0.25, 0.3) is 18.8 Å². The lowest BCUT2D eigenvalue weighted by atomic mass is 10.3. The largest absolute Gasteiger partial charge is 0.334 e. The van der Waals surface area contributed by atoms with E-state index in [4.69, 9.17) is 0 Å². The minimum absolute atomic E-state index is 0.168. The third kappa shape index (κ3) is 3.66. The van der Waals surface area contributed by atoms with Gasteiger partial charge in [-0.2, -0.15) is 10.2 Å². The standard InChI is InChI=1S/C15H13BrF4N6O/c1-24(6-11-7(16)5-21-25(11)2)15(27)9-4-12-22-8(13(17)18)3-10(14(19)20)26(12)23-9/h3-5,13-14H,6H2,1-2H3. The number of amides is 1. The summed E-state index contributed by atoms with van der Waals surface area (Å²) in [5, 5.41) is 7.87. The first-order chi connectivity index (χ1) is 12.7. The molecule has 0 radical (unpaired) electrons. The van der Waals surface area contributed by atoms with Crippen LogP contribution in [0.4, 0.5) is 17.6 Å². The van der Waals surface area contributed by atoms with Crippen molar-refractivity contribution in [1.82, 2.24) is 29.3 Å². The second kappa shape index (κ2) is 7.25. The van der Waals surface area contributed by atoms with Gasteiger partial charge >= 0.3 is 0 Å². The van der Waals surface area contributed by atoms with Crippen LogP contribution < -0.4 is 0 Å². The molecule has 0 aliphatic rings. The van der Waals surface area contributed by atoms with Gasteiger partial charge in [0.1, 0.15) is 11.4 Å². The van der Waals surface area contributed by atoms with Crippen molar-refractivity contribution >= 4 is 27.5 Å². The fourth-order valence-corrected chi connectivity index (χ4v) is 2.97. The summed E-state index contributed by atoms with van der Waals surface area (Å²) in [7, 11) is 3.20. The SMILES string of the molecule is CN(Cc1c(Br)cnn1C)C(=O)c1cc2nc(C(F)F)cc(C(F)F)n2n1. The average molecular weight is 449 g/mol. The highest BCUT2D eigenvalue weighted by molar-refractivity contribution is 9.10. The first-order valence-electron chi connectivity index (χ1n) is 7.57. The van der Waals surface area contributed by atoms with E-state index in [1.807, 2.05) is 0 Å². The van der Waals surface area contributed by atoms with E-state index in [-0.39, 0.29) is 17.9 Å².